The Morgan fingerprint density at radius 1 is 1.35 bits per heavy atom. The lowest BCUT2D eigenvalue weighted by Crippen LogP contribution is -2.29. The van der Waals surface area contributed by atoms with Crippen LogP contribution in [0.3, 0.4) is 0 Å². The Bertz CT molecular complexity index is 550. The molecular weight excluding hydrogens is 252 g/mol. The van der Waals surface area contributed by atoms with E-state index in [1.807, 2.05) is 20.0 Å². The summed E-state index contributed by atoms with van der Waals surface area (Å²) in [4.78, 5) is 8.59. The Morgan fingerprint density at radius 3 is 2.80 bits per heavy atom. The minimum Gasteiger partial charge on any atom is -0.339 e. The van der Waals surface area contributed by atoms with Crippen LogP contribution in [0.2, 0.25) is 0 Å². The summed E-state index contributed by atoms with van der Waals surface area (Å²) in [6.07, 6.45) is 5.37. The molecule has 0 aliphatic carbocycles. The first-order valence-electron chi connectivity index (χ1n) is 7.01. The maximum Gasteiger partial charge on any atom is 0.228 e. The van der Waals surface area contributed by atoms with Crippen molar-refractivity contribution in [1.82, 2.24) is 20.4 Å². The van der Waals surface area contributed by atoms with Gasteiger partial charge in [0.25, 0.3) is 0 Å². The van der Waals surface area contributed by atoms with E-state index in [0.717, 1.165) is 24.0 Å². The van der Waals surface area contributed by atoms with Gasteiger partial charge in [-0.2, -0.15) is 4.98 Å². The molecule has 2 aromatic heterocycles. The lowest BCUT2D eigenvalue weighted by Gasteiger charge is -2.15. The smallest absolute Gasteiger partial charge is 0.228 e. The fraction of sp³-hybridized carbons (Fsp3) is 0.533. The highest BCUT2D eigenvalue weighted by Gasteiger charge is 2.16. The van der Waals surface area contributed by atoms with Crippen molar-refractivity contribution in [2.75, 3.05) is 7.05 Å². The van der Waals surface area contributed by atoms with E-state index < -0.39 is 0 Å². The molecule has 0 saturated heterocycles. The summed E-state index contributed by atoms with van der Waals surface area (Å²) in [5, 5.41) is 7.36. The van der Waals surface area contributed by atoms with Crippen molar-refractivity contribution < 1.29 is 4.52 Å². The molecule has 5 heteroatoms. The molecule has 0 bridgehead atoms. The Kier molecular flexibility index (Phi) is 4.84. The predicted molar refractivity (Wildman–Crippen MR) is 78.3 cm³/mol. The monoisotopic (exact) mass is 274 g/mol. The van der Waals surface area contributed by atoms with Crippen molar-refractivity contribution in [2.24, 2.45) is 5.92 Å². The fourth-order valence-electron chi connectivity index (χ4n) is 2.23. The first kappa shape index (κ1) is 14.7. The molecule has 0 spiro atoms. The number of nitrogens with one attached hydrogen (secondary N) is 1. The highest BCUT2D eigenvalue weighted by atomic mass is 16.5. The molecule has 0 amide bonds. The van der Waals surface area contributed by atoms with Gasteiger partial charge in [0.15, 0.2) is 0 Å². The SMILES string of the molecule is CNC(Cc1nc(-c2cnccc2C)no1)CC(C)C. The van der Waals surface area contributed by atoms with Crippen LogP contribution < -0.4 is 5.32 Å². The zero-order valence-corrected chi connectivity index (χ0v) is 12.6. The van der Waals surface area contributed by atoms with Gasteiger partial charge >= 0.3 is 0 Å². The number of aryl methyl sites for hydroxylation is 1. The maximum atomic E-state index is 5.36. The minimum absolute atomic E-state index is 0.360. The van der Waals surface area contributed by atoms with E-state index >= 15 is 0 Å². The average molecular weight is 274 g/mol. The molecule has 5 nitrogen and oxygen atoms in total. The largest absolute Gasteiger partial charge is 0.339 e. The van der Waals surface area contributed by atoms with E-state index in [1.165, 1.54) is 0 Å². The van der Waals surface area contributed by atoms with Gasteiger partial charge in [0.2, 0.25) is 11.7 Å². The third kappa shape index (κ3) is 3.63. The number of likely N-dealkylation sites (N-methyl/N-ethyl adjacent to an activating group) is 1. The lowest BCUT2D eigenvalue weighted by atomic mass is 10.0. The molecule has 2 aromatic rings. The Balaban J connectivity index is 2.11. The van der Waals surface area contributed by atoms with Crippen molar-refractivity contribution in [2.45, 2.75) is 39.7 Å². The van der Waals surface area contributed by atoms with Crippen LogP contribution in [0.25, 0.3) is 11.4 Å². The van der Waals surface area contributed by atoms with Gasteiger partial charge in [-0.3, -0.25) is 4.98 Å². The van der Waals surface area contributed by atoms with E-state index in [-0.39, 0.29) is 0 Å². The third-order valence-corrected chi connectivity index (χ3v) is 3.33. The molecule has 20 heavy (non-hydrogen) atoms. The Labute approximate surface area is 119 Å². The van der Waals surface area contributed by atoms with Crippen LogP contribution in [0.5, 0.6) is 0 Å². The second kappa shape index (κ2) is 6.61. The van der Waals surface area contributed by atoms with Crippen molar-refractivity contribution in [3.63, 3.8) is 0 Å². The predicted octanol–water partition coefficient (Wildman–Crippen LogP) is 2.62. The van der Waals surface area contributed by atoms with Gasteiger partial charge in [-0.15, -0.1) is 0 Å². The second-order valence-electron chi connectivity index (χ2n) is 5.52. The van der Waals surface area contributed by atoms with Crippen LogP contribution in [0.4, 0.5) is 0 Å². The highest BCUT2D eigenvalue weighted by Crippen LogP contribution is 2.19. The number of pyridine rings is 1. The highest BCUT2D eigenvalue weighted by molar-refractivity contribution is 5.57. The summed E-state index contributed by atoms with van der Waals surface area (Å²) in [6, 6.07) is 2.30. The van der Waals surface area contributed by atoms with E-state index in [9.17, 15) is 0 Å². The number of aromatic nitrogens is 3. The van der Waals surface area contributed by atoms with Gasteiger partial charge in [0.05, 0.1) is 0 Å². The average Bonchev–Trinajstić information content (AvgIpc) is 2.86. The van der Waals surface area contributed by atoms with Crippen molar-refractivity contribution in [3.05, 3.63) is 29.9 Å². The van der Waals surface area contributed by atoms with E-state index in [2.05, 4.69) is 34.3 Å². The molecule has 0 fully saturated rings. The lowest BCUT2D eigenvalue weighted by molar-refractivity contribution is 0.345. The van der Waals surface area contributed by atoms with Crippen LogP contribution in [0.1, 0.15) is 31.7 Å². The topological polar surface area (TPSA) is 63.8 Å². The van der Waals surface area contributed by atoms with Crippen molar-refractivity contribution in [1.29, 1.82) is 0 Å². The molecule has 1 N–H and O–H groups in total. The van der Waals surface area contributed by atoms with E-state index in [4.69, 9.17) is 4.52 Å². The quantitative estimate of drug-likeness (QED) is 0.877. The van der Waals surface area contributed by atoms with Gasteiger partial charge in [-0.25, -0.2) is 0 Å². The van der Waals surface area contributed by atoms with Crippen LogP contribution in [-0.2, 0) is 6.42 Å². The first-order chi connectivity index (χ1) is 9.60. The molecular formula is C15H22N4O. The zero-order chi connectivity index (χ0) is 14.5. The van der Waals surface area contributed by atoms with Gasteiger partial charge in [0.1, 0.15) is 0 Å². The third-order valence-electron chi connectivity index (χ3n) is 3.33. The first-order valence-corrected chi connectivity index (χ1v) is 7.01. The molecule has 1 unspecified atom stereocenters. The Hall–Kier alpha value is -1.75. The van der Waals surface area contributed by atoms with Crippen molar-refractivity contribution in [3.8, 4) is 11.4 Å². The molecule has 0 aliphatic heterocycles. The molecule has 0 aliphatic rings. The molecule has 0 saturated carbocycles. The minimum atomic E-state index is 0.360. The van der Waals surface area contributed by atoms with Crippen LogP contribution in [-0.4, -0.2) is 28.2 Å². The number of hydrogen-bond acceptors (Lipinski definition) is 5. The standard InChI is InChI=1S/C15H22N4O/c1-10(2)7-12(16-4)8-14-18-15(19-20-14)13-9-17-6-5-11(13)3/h5-6,9-10,12,16H,7-8H2,1-4H3. The van der Waals surface area contributed by atoms with E-state index in [1.54, 1.807) is 12.4 Å². The van der Waals surface area contributed by atoms with Crippen LogP contribution in [0, 0.1) is 12.8 Å². The van der Waals surface area contributed by atoms with Crippen LogP contribution in [0.15, 0.2) is 23.0 Å². The summed E-state index contributed by atoms with van der Waals surface area (Å²) < 4.78 is 5.36. The molecule has 0 radical (unpaired) electrons. The molecule has 2 heterocycles. The molecule has 108 valence electrons. The normalized spacial score (nSPS) is 12.8. The number of hydrogen-bond donors (Lipinski definition) is 1. The fourth-order valence-corrected chi connectivity index (χ4v) is 2.23. The maximum absolute atomic E-state index is 5.36. The van der Waals surface area contributed by atoms with Gasteiger partial charge in [0, 0.05) is 30.4 Å². The van der Waals surface area contributed by atoms with Gasteiger partial charge < -0.3 is 9.84 Å². The van der Waals surface area contributed by atoms with Crippen LogP contribution >= 0.6 is 0 Å². The number of nitrogens with zero attached hydrogens (tertiary/aromatic N) is 3. The van der Waals surface area contributed by atoms with Crippen molar-refractivity contribution >= 4 is 0 Å². The second-order valence-corrected chi connectivity index (χ2v) is 5.52. The summed E-state index contributed by atoms with van der Waals surface area (Å²) in [5.41, 5.74) is 2.02. The van der Waals surface area contributed by atoms with E-state index in [0.29, 0.717) is 23.7 Å². The van der Waals surface area contributed by atoms with Gasteiger partial charge in [-0.1, -0.05) is 19.0 Å². The molecule has 2 rings (SSSR count). The summed E-state index contributed by atoms with van der Waals surface area (Å²) in [6.45, 7) is 6.44. The Morgan fingerprint density at radius 2 is 2.15 bits per heavy atom. The molecule has 1 atom stereocenters. The zero-order valence-electron chi connectivity index (χ0n) is 12.6. The summed E-state index contributed by atoms with van der Waals surface area (Å²) >= 11 is 0. The number of rotatable bonds is 6. The summed E-state index contributed by atoms with van der Waals surface area (Å²) in [5.74, 6) is 1.92. The van der Waals surface area contributed by atoms with Gasteiger partial charge in [-0.05, 0) is 37.9 Å². The molecule has 0 aromatic carbocycles. The summed E-state index contributed by atoms with van der Waals surface area (Å²) in [7, 11) is 1.97.